The van der Waals surface area contributed by atoms with Gasteiger partial charge in [0.25, 0.3) is 0 Å². The fraction of sp³-hybridized carbons (Fsp3) is 1.00. The van der Waals surface area contributed by atoms with E-state index in [1.807, 2.05) is 0 Å². The molecule has 0 aromatic carbocycles. The highest BCUT2D eigenvalue weighted by atomic mass is 16.5. The van der Waals surface area contributed by atoms with Crippen molar-refractivity contribution in [3.8, 4) is 0 Å². The normalized spacial score (nSPS) is 29.4. The smallest absolute Gasteiger partial charge is 0.0824 e. The standard InChI is InChI=1S/C13H24O3/c14-13(12-6-7-15-9-12)10-16-8-11-4-2-1-3-5-11/h11-14H,1-10H2. The summed E-state index contributed by atoms with van der Waals surface area (Å²) in [4.78, 5) is 0. The molecule has 1 saturated carbocycles. The van der Waals surface area contributed by atoms with Gasteiger partial charge in [-0.05, 0) is 25.2 Å². The lowest BCUT2D eigenvalue weighted by molar-refractivity contribution is -0.0122. The second-order valence-corrected chi connectivity index (χ2v) is 5.23. The summed E-state index contributed by atoms with van der Waals surface area (Å²) in [5, 5.41) is 9.87. The molecule has 0 bridgehead atoms. The van der Waals surface area contributed by atoms with Crippen molar-refractivity contribution in [1.29, 1.82) is 0 Å². The lowest BCUT2D eigenvalue weighted by Gasteiger charge is -2.23. The molecule has 94 valence electrons. The van der Waals surface area contributed by atoms with Crippen molar-refractivity contribution in [1.82, 2.24) is 0 Å². The summed E-state index contributed by atoms with van der Waals surface area (Å²) in [5.41, 5.74) is 0. The SMILES string of the molecule is OC(COCC1CCCCC1)C1CCOC1. The van der Waals surface area contributed by atoms with E-state index < -0.39 is 0 Å². The third kappa shape index (κ3) is 3.72. The van der Waals surface area contributed by atoms with E-state index >= 15 is 0 Å². The molecule has 0 radical (unpaired) electrons. The van der Waals surface area contributed by atoms with Gasteiger partial charge in [0, 0.05) is 19.1 Å². The molecule has 1 aliphatic carbocycles. The van der Waals surface area contributed by atoms with E-state index in [9.17, 15) is 5.11 Å². The van der Waals surface area contributed by atoms with Crippen molar-refractivity contribution in [3.05, 3.63) is 0 Å². The Hall–Kier alpha value is -0.120. The Bertz CT molecular complexity index is 184. The van der Waals surface area contributed by atoms with Gasteiger partial charge in [0.1, 0.15) is 0 Å². The van der Waals surface area contributed by atoms with Crippen LogP contribution in [0, 0.1) is 11.8 Å². The number of aliphatic hydroxyl groups excluding tert-OH is 1. The average molecular weight is 228 g/mol. The Balaban J connectivity index is 1.56. The molecule has 2 fully saturated rings. The zero-order valence-electron chi connectivity index (χ0n) is 10.1. The lowest BCUT2D eigenvalue weighted by atomic mass is 9.90. The Morgan fingerprint density at radius 1 is 1.19 bits per heavy atom. The number of hydrogen-bond acceptors (Lipinski definition) is 3. The van der Waals surface area contributed by atoms with Crippen LogP contribution in [0.1, 0.15) is 38.5 Å². The van der Waals surface area contributed by atoms with E-state index in [2.05, 4.69) is 0 Å². The van der Waals surface area contributed by atoms with Gasteiger partial charge in [-0.25, -0.2) is 0 Å². The predicted octanol–water partition coefficient (Wildman–Crippen LogP) is 1.98. The summed E-state index contributed by atoms with van der Waals surface area (Å²) >= 11 is 0. The molecule has 0 aromatic heterocycles. The van der Waals surface area contributed by atoms with Gasteiger partial charge >= 0.3 is 0 Å². The average Bonchev–Trinajstić information content (AvgIpc) is 2.84. The lowest BCUT2D eigenvalue weighted by Crippen LogP contribution is -2.27. The molecular formula is C13H24O3. The molecular weight excluding hydrogens is 204 g/mol. The van der Waals surface area contributed by atoms with Crippen LogP contribution in [0.4, 0.5) is 0 Å². The van der Waals surface area contributed by atoms with E-state index in [-0.39, 0.29) is 6.10 Å². The second-order valence-electron chi connectivity index (χ2n) is 5.23. The molecule has 1 N–H and O–H groups in total. The van der Waals surface area contributed by atoms with Crippen molar-refractivity contribution in [3.63, 3.8) is 0 Å². The van der Waals surface area contributed by atoms with Gasteiger partial charge in [-0.15, -0.1) is 0 Å². The molecule has 1 saturated heterocycles. The van der Waals surface area contributed by atoms with Crippen LogP contribution >= 0.6 is 0 Å². The minimum Gasteiger partial charge on any atom is -0.390 e. The van der Waals surface area contributed by atoms with Crippen LogP contribution in [0.5, 0.6) is 0 Å². The number of ether oxygens (including phenoxy) is 2. The van der Waals surface area contributed by atoms with Crippen LogP contribution in [-0.4, -0.2) is 37.6 Å². The van der Waals surface area contributed by atoms with Crippen LogP contribution in [0.25, 0.3) is 0 Å². The molecule has 2 unspecified atom stereocenters. The van der Waals surface area contributed by atoms with Crippen molar-refractivity contribution in [2.45, 2.75) is 44.6 Å². The molecule has 0 amide bonds. The summed E-state index contributed by atoms with van der Waals surface area (Å²) in [6.07, 6.45) is 7.36. The first kappa shape index (κ1) is 12.3. The summed E-state index contributed by atoms with van der Waals surface area (Å²) in [7, 11) is 0. The number of hydrogen-bond donors (Lipinski definition) is 1. The Kier molecular flexibility index (Phi) is 5.07. The molecule has 2 atom stereocenters. The van der Waals surface area contributed by atoms with E-state index in [0.29, 0.717) is 19.1 Å². The molecule has 0 spiro atoms. The van der Waals surface area contributed by atoms with Crippen LogP contribution in [0.3, 0.4) is 0 Å². The van der Waals surface area contributed by atoms with Gasteiger partial charge in [0.2, 0.25) is 0 Å². The molecule has 2 rings (SSSR count). The number of aliphatic hydroxyl groups is 1. The highest BCUT2D eigenvalue weighted by molar-refractivity contribution is 4.72. The van der Waals surface area contributed by atoms with Crippen LogP contribution < -0.4 is 0 Å². The van der Waals surface area contributed by atoms with Crippen LogP contribution in [0.15, 0.2) is 0 Å². The number of rotatable bonds is 5. The van der Waals surface area contributed by atoms with E-state index in [1.165, 1.54) is 32.1 Å². The highest BCUT2D eigenvalue weighted by Crippen LogP contribution is 2.24. The maximum atomic E-state index is 9.87. The quantitative estimate of drug-likeness (QED) is 0.782. The fourth-order valence-electron chi connectivity index (χ4n) is 2.70. The molecule has 1 aliphatic heterocycles. The molecule has 3 heteroatoms. The minimum absolute atomic E-state index is 0.298. The fourth-order valence-corrected chi connectivity index (χ4v) is 2.70. The largest absolute Gasteiger partial charge is 0.390 e. The highest BCUT2D eigenvalue weighted by Gasteiger charge is 2.24. The first-order valence-corrected chi connectivity index (χ1v) is 6.70. The zero-order valence-corrected chi connectivity index (χ0v) is 10.1. The molecule has 0 aromatic rings. The van der Waals surface area contributed by atoms with Gasteiger partial charge in [-0.1, -0.05) is 19.3 Å². The third-order valence-corrected chi connectivity index (χ3v) is 3.88. The Labute approximate surface area is 98.1 Å². The van der Waals surface area contributed by atoms with E-state index in [1.54, 1.807) is 0 Å². The summed E-state index contributed by atoms with van der Waals surface area (Å²) in [5.74, 6) is 1.03. The predicted molar refractivity (Wildman–Crippen MR) is 62.3 cm³/mol. The summed E-state index contributed by atoms with van der Waals surface area (Å²) in [6.45, 7) is 2.83. The van der Waals surface area contributed by atoms with E-state index in [4.69, 9.17) is 9.47 Å². The summed E-state index contributed by atoms with van der Waals surface area (Å²) < 4.78 is 10.9. The van der Waals surface area contributed by atoms with Gasteiger partial charge in [-0.3, -0.25) is 0 Å². The van der Waals surface area contributed by atoms with Crippen molar-refractivity contribution >= 4 is 0 Å². The van der Waals surface area contributed by atoms with Gasteiger partial charge in [0.15, 0.2) is 0 Å². The van der Waals surface area contributed by atoms with Gasteiger partial charge in [-0.2, -0.15) is 0 Å². The molecule has 3 nitrogen and oxygen atoms in total. The van der Waals surface area contributed by atoms with Gasteiger partial charge in [0.05, 0.1) is 19.3 Å². The van der Waals surface area contributed by atoms with Crippen molar-refractivity contribution < 1.29 is 14.6 Å². The Morgan fingerprint density at radius 3 is 2.69 bits per heavy atom. The topological polar surface area (TPSA) is 38.7 Å². The van der Waals surface area contributed by atoms with Crippen LogP contribution in [0.2, 0.25) is 0 Å². The van der Waals surface area contributed by atoms with E-state index in [0.717, 1.165) is 25.6 Å². The second kappa shape index (κ2) is 6.58. The first-order valence-electron chi connectivity index (χ1n) is 6.70. The maximum Gasteiger partial charge on any atom is 0.0824 e. The van der Waals surface area contributed by atoms with Crippen molar-refractivity contribution in [2.24, 2.45) is 11.8 Å². The van der Waals surface area contributed by atoms with Crippen molar-refractivity contribution in [2.75, 3.05) is 26.4 Å². The zero-order chi connectivity index (χ0) is 11.2. The molecule has 2 aliphatic rings. The first-order chi connectivity index (χ1) is 7.86. The third-order valence-electron chi connectivity index (χ3n) is 3.88. The maximum absolute atomic E-state index is 9.87. The monoisotopic (exact) mass is 228 g/mol. The molecule has 16 heavy (non-hydrogen) atoms. The van der Waals surface area contributed by atoms with Gasteiger partial charge < -0.3 is 14.6 Å². The Morgan fingerprint density at radius 2 is 2.00 bits per heavy atom. The molecule has 1 heterocycles. The summed E-state index contributed by atoms with van der Waals surface area (Å²) in [6, 6.07) is 0. The van der Waals surface area contributed by atoms with Crippen LogP contribution in [-0.2, 0) is 9.47 Å². The minimum atomic E-state index is -0.328.